The number of hydrogen-bond acceptors (Lipinski definition) is 3. The summed E-state index contributed by atoms with van der Waals surface area (Å²) in [5.74, 6) is -1.13. The minimum Gasteiger partial charge on any atom is -0.481 e. The van der Waals surface area contributed by atoms with Crippen LogP contribution in [0.2, 0.25) is 0 Å². The molecule has 0 aliphatic rings. The summed E-state index contributed by atoms with van der Waals surface area (Å²) in [7, 11) is 0. The highest BCUT2D eigenvalue weighted by atomic mass is 32.2. The van der Waals surface area contributed by atoms with Gasteiger partial charge in [-0.05, 0) is 18.2 Å². The van der Waals surface area contributed by atoms with E-state index in [2.05, 4.69) is 6.92 Å². The summed E-state index contributed by atoms with van der Waals surface area (Å²) in [5, 5.41) is 9.02. The van der Waals surface area contributed by atoms with E-state index in [-0.39, 0.29) is 12.2 Å². The van der Waals surface area contributed by atoms with Crippen molar-refractivity contribution in [3.05, 3.63) is 35.4 Å². The van der Waals surface area contributed by atoms with Crippen molar-refractivity contribution in [1.82, 2.24) is 0 Å². The Balaban J connectivity index is 2.70. The Hall–Kier alpha value is -1.29. The fraction of sp³-hybridized carbons (Fsp3) is 0.429. The molecule has 0 heterocycles. The van der Waals surface area contributed by atoms with Crippen molar-refractivity contribution < 1.29 is 14.7 Å². The number of carboxylic acid groups (broad SMARTS) is 1. The van der Waals surface area contributed by atoms with Crippen LogP contribution >= 0.6 is 11.8 Å². The molecule has 0 saturated heterocycles. The molecule has 3 nitrogen and oxygen atoms in total. The number of ketones is 1. The lowest BCUT2D eigenvalue weighted by Gasteiger charge is -2.10. The molecule has 0 bridgehead atoms. The lowest BCUT2D eigenvalue weighted by atomic mass is 9.98. The first-order valence-electron chi connectivity index (χ1n) is 5.92. The maximum atomic E-state index is 12.0. The van der Waals surface area contributed by atoms with Crippen molar-refractivity contribution in [1.29, 1.82) is 0 Å². The first-order chi connectivity index (χ1) is 8.58. The molecule has 98 valence electrons. The van der Waals surface area contributed by atoms with Gasteiger partial charge in [-0.1, -0.05) is 31.2 Å². The normalized spacial score (nSPS) is 12.1. The molecule has 1 N–H and O–H groups in total. The molecule has 1 unspecified atom stereocenters. The van der Waals surface area contributed by atoms with E-state index in [1.54, 1.807) is 12.1 Å². The van der Waals surface area contributed by atoms with E-state index in [0.29, 0.717) is 11.3 Å². The number of Topliss-reactive ketones (excluding diaryl/α,β-unsaturated/α-hetero) is 1. The smallest absolute Gasteiger partial charge is 0.307 e. The van der Waals surface area contributed by atoms with Gasteiger partial charge in [-0.15, -0.1) is 0 Å². The molecule has 0 radical (unpaired) electrons. The molecule has 0 aromatic heterocycles. The average Bonchev–Trinajstić information content (AvgIpc) is 2.38. The third-order valence-corrected chi connectivity index (χ3v) is 3.57. The Kier molecular flexibility index (Phi) is 5.92. The number of thioether (sulfide) groups is 1. The van der Waals surface area contributed by atoms with Gasteiger partial charge in [-0.3, -0.25) is 9.59 Å². The largest absolute Gasteiger partial charge is 0.481 e. The number of rotatable bonds is 7. The summed E-state index contributed by atoms with van der Waals surface area (Å²) in [6.07, 6.45) is 2.84. The Morgan fingerprint density at radius 2 is 1.89 bits per heavy atom. The molecular formula is C14H18O3S. The van der Waals surface area contributed by atoms with Gasteiger partial charge in [0.15, 0.2) is 5.78 Å². The van der Waals surface area contributed by atoms with Gasteiger partial charge in [-0.2, -0.15) is 11.8 Å². The minimum atomic E-state index is -0.900. The van der Waals surface area contributed by atoms with E-state index in [0.717, 1.165) is 6.42 Å². The summed E-state index contributed by atoms with van der Waals surface area (Å²) in [6.45, 7) is 2.05. The predicted octanol–water partition coefficient (Wildman–Crippen LogP) is 2.89. The maximum Gasteiger partial charge on any atom is 0.307 e. The fourth-order valence-corrected chi connectivity index (χ4v) is 2.35. The van der Waals surface area contributed by atoms with Crippen LogP contribution in [0.5, 0.6) is 0 Å². The molecule has 1 aromatic rings. The Morgan fingerprint density at radius 1 is 1.28 bits per heavy atom. The molecule has 0 spiro atoms. The van der Waals surface area contributed by atoms with Gasteiger partial charge in [0.2, 0.25) is 0 Å². The summed E-state index contributed by atoms with van der Waals surface area (Å²) in [5.41, 5.74) is 1.77. The van der Waals surface area contributed by atoms with E-state index in [1.807, 2.05) is 18.4 Å². The molecular weight excluding hydrogens is 248 g/mol. The number of aryl methyl sites for hydroxylation is 1. The van der Waals surface area contributed by atoms with Gasteiger partial charge in [0.05, 0.1) is 5.92 Å². The number of carbonyl (C=O) groups is 2. The highest BCUT2D eigenvalue weighted by Crippen LogP contribution is 2.15. The molecule has 0 aliphatic heterocycles. The zero-order valence-electron chi connectivity index (χ0n) is 10.7. The van der Waals surface area contributed by atoms with Gasteiger partial charge in [0.25, 0.3) is 0 Å². The van der Waals surface area contributed by atoms with Crippen LogP contribution in [0, 0.1) is 5.92 Å². The average molecular weight is 266 g/mol. The van der Waals surface area contributed by atoms with Crippen LogP contribution < -0.4 is 0 Å². The lowest BCUT2D eigenvalue weighted by molar-refractivity contribution is -0.140. The molecule has 1 rings (SSSR count). The monoisotopic (exact) mass is 266 g/mol. The summed E-state index contributed by atoms with van der Waals surface area (Å²) < 4.78 is 0. The molecule has 0 amide bonds. The molecule has 0 fully saturated rings. The zero-order chi connectivity index (χ0) is 13.5. The Morgan fingerprint density at radius 3 is 2.33 bits per heavy atom. The van der Waals surface area contributed by atoms with E-state index >= 15 is 0 Å². The van der Waals surface area contributed by atoms with Crippen LogP contribution in [0.1, 0.15) is 29.3 Å². The van der Waals surface area contributed by atoms with Gasteiger partial charge in [0.1, 0.15) is 0 Å². The number of hydrogen-bond donors (Lipinski definition) is 1. The first kappa shape index (κ1) is 14.8. The van der Waals surface area contributed by atoms with E-state index in [4.69, 9.17) is 5.11 Å². The van der Waals surface area contributed by atoms with Gasteiger partial charge in [-0.25, -0.2) is 0 Å². The van der Waals surface area contributed by atoms with Crippen molar-refractivity contribution in [2.24, 2.45) is 5.92 Å². The summed E-state index contributed by atoms with van der Waals surface area (Å²) in [6, 6.07) is 7.38. The zero-order valence-corrected chi connectivity index (χ0v) is 11.5. The van der Waals surface area contributed by atoms with Crippen molar-refractivity contribution in [3.63, 3.8) is 0 Å². The van der Waals surface area contributed by atoms with Crippen molar-refractivity contribution in [3.8, 4) is 0 Å². The molecule has 4 heteroatoms. The van der Waals surface area contributed by atoms with Gasteiger partial charge < -0.3 is 5.11 Å². The van der Waals surface area contributed by atoms with E-state index in [9.17, 15) is 9.59 Å². The molecule has 0 aliphatic carbocycles. The number of benzene rings is 1. The highest BCUT2D eigenvalue weighted by Gasteiger charge is 2.21. The van der Waals surface area contributed by atoms with E-state index in [1.165, 1.54) is 17.3 Å². The second-order valence-corrected chi connectivity index (χ2v) is 5.08. The van der Waals surface area contributed by atoms with Crippen LogP contribution in [0.25, 0.3) is 0 Å². The van der Waals surface area contributed by atoms with E-state index < -0.39 is 11.9 Å². The van der Waals surface area contributed by atoms with Crippen LogP contribution in [0.3, 0.4) is 0 Å². The van der Waals surface area contributed by atoms with Crippen LogP contribution in [0.4, 0.5) is 0 Å². The van der Waals surface area contributed by atoms with Crippen LogP contribution in [-0.4, -0.2) is 28.9 Å². The second-order valence-electron chi connectivity index (χ2n) is 4.17. The second kappa shape index (κ2) is 7.21. The number of aliphatic carboxylic acids is 1. The number of carbonyl (C=O) groups excluding carboxylic acids is 1. The lowest BCUT2D eigenvalue weighted by Crippen LogP contribution is -2.20. The van der Waals surface area contributed by atoms with Crippen molar-refractivity contribution >= 4 is 23.5 Å². The summed E-state index contributed by atoms with van der Waals surface area (Å²) >= 11 is 1.45. The van der Waals surface area contributed by atoms with Crippen molar-refractivity contribution in [2.45, 2.75) is 19.8 Å². The standard InChI is InChI=1S/C14H18O3S/c1-3-10-4-6-11(7-5-10)13(15)8-12(9-18-2)14(16)17/h4-7,12H,3,8-9H2,1-2H3,(H,16,17). The quantitative estimate of drug-likeness (QED) is 0.771. The topological polar surface area (TPSA) is 54.4 Å². The predicted molar refractivity (Wildman–Crippen MR) is 74.3 cm³/mol. The fourth-order valence-electron chi connectivity index (χ4n) is 1.69. The Labute approximate surface area is 112 Å². The third kappa shape index (κ3) is 4.18. The minimum absolute atomic E-state index is 0.0711. The van der Waals surface area contributed by atoms with Crippen molar-refractivity contribution in [2.75, 3.05) is 12.0 Å². The number of carboxylic acids is 1. The van der Waals surface area contributed by atoms with Gasteiger partial charge in [0, 0.05) is 17.7 Å². The SMILES string of the molecule is CCc1ccc(C(=O)CC(CSC)C(=O)O)cc1. The maximum absolute atomic E-state index is 12.0. The highest BCUT2D eigenvalue weighted by molar-refractivity contribution is 7.98. The molecule has 1 atom stereocenters. The molecule has 18 heavy (non-hydrogen) atoms. The first-order valence-corrected chi connectivity index (χ1v) is 7.31. The Bertz CT molecular complexity index is 412. The third-order valence-electron chi connectivity index (χ3n) is 2.83. The van der Waals surface area contributed by atoms with Gasteiger partial charge >= 0.3 is 5.97 Å². The van der Waals surface area contributed by atoms with Crippen LogP contribution in [0.15, 0.2) is 24.3 Å². The van der Waals surface area contributed by atoms with Crippen LogP contribution in [-0.2, 0) is 11.2 Å². The molecule has 1 aromatic carbocycles. The summed E-state index contributed by atoms with van der Waals surface area (Å²) in [4.78, 5) is 23.0. The molecule has 0 saturated carbocycles.